The molecule has 0 aliphatic rings. The Kier molecular flexibility index (Phi) is 6.99. The first-order chi connectivity index (χ1) is 9.10. The molecule has 0 saturated carbocycles. The quantitative estimate of drug-likeness (QED) is 0.758. The molecule has 0 fully saturated rings. The first kappa shape index (κ1) is 16.1. The first-order valence-corrected chi connectivity index (χ1v) is 6.89. The lowest BCUT2D eigenvalue weighted by molar-refractivity contribution is 0.199. The number of rotatable bonds is 8. The Morgan fingerprint density at radius 2 is 2.05 bits per heavy atom. The van der Waals surface area contributed by atoms with Crippen molar-refractivity contribution in [2.75, 3.05) is 26.7 Å². The molecule has 0 aliphatic heterocycles. The summed E-state index contributed by atoms with van der Waals surface area (Å²) in [6, 6.07) is 7.13. The van der Waals surface area contributed by atoms with Crippen LogP contribution in [0.2, 0.25) is 0 Å². The van der Waals surface area contributed by atoms with Gasteiger partial charge in [-0.3, -0.25) is 4.90 Å². The minimum Gasteiger partial charge on any atom is -0.396 e. The molecule has 3 nitrogen and oxygen atoms in total. The molecular weight excluding hydrogens is 243 g/mol. The van der Waals surface area contributed by atoms with Crippen molar-refractivity contribution < 1.29 is 9.50 Å². The molecule has 0 heterocycles. The van der Waals surface area contributed by atoms with E-state index >= 15 is 0 Å². The third-order valence-electron chi connectivity index (χ3n) is 3.50. The van der Waals surface area contributed by atoms with Gasteiger partial charge in [0, 0.05) is 30.8 Å². The highest BCUT2D eigenvalue weighted by Gasteiger charge is 2.18. The van der Waals surface area contributed by atoms with Gasteiger partial charge in [0.25, 0.3) is 0 Å². The average Bonchev–Trinajstić information content (AvgIpc) is 2.39. The fourth-order valence-corrected chi connectivity index (χ4v) is 2.26. The summed E-state index contributed by atoms with van der Waals surface area (Å²) in [6.07, 6.45) is 0.710. The van der Waals surface area contributed by atoms with Crippen molar-refractivity contribution in [1.29, 1.82) is 0 Å². The van der Waals surface area contributed by atoms with Crippen molar-refractivity contribution in [1.82, 2.24) is 10.2 Å². The molecule has 1 aromatic carbocycles. The van der Waals surface area contributed by atoms with Crippen LogP contribution in [0.5, 0.6) is 0 Å². The van der Waals surface area contributed by atoms with Crippen molar-refractivity contribution in [2.24, 2.45) is 0 Å². The van der Waals surface area contributed by atoms with Gasteiger partial charge in [-0.1, -0.05) is 25.1 Å². The van der Waals surface area contributed by atoms with E-state index in [-0.39, 0.29) is 24.5 Å². The van der Waals surface area contributed by atoms with E-state index in [1.54, 1.807) is 6.07 Å². The molecule has 1 rings (SSSR count). The van der Waals surface area contributed by atoms with Crippen LogP contribution in [0.4, 0.5) is 4.39 Å². The van der Waals surface area contributed by atoms with Gasteiger partial charge >= 0.3 is 0 Å². The molecule has 0 radical (unpaired) electrons. The maximum atomic E-state index is 13.8. The molecule has 4 heteroatoms. The van der Waals surface area contributed by atoms with Crippen LogP contribution in [-0.2, 0) is 0 Å². The normalized spacial score (nSPS) is 14.6. The summed E-state index contributed by atoms with van der Waals surface area (Å²) in [4.78, 5) is 2.11. The smallest absolute Gasteiger partial charge is 0.127 e. The summed E-state index contributed by atoms with van der Waals surface area (Å²) in [5, 5.41) is 12.4. The zero-order valence-corrected chi connectivity index (χ0v) is 12.1. The van der Waals surface area contributed by atoms with Crippen molar-refractivity contribution in [3.8, 4) is 0 Å². The molecule has 0 aliphatic carbocycles. The van der Waals surface area contributed by atoms with E-state index < -0.39 is 0 Å². The maximum Gasteiger partial charge on any atom is 0.127 e. The molecule has 2 unspecified atom stereocenters. The van der Waals surface area contributed by atoms with Gasteiger partial charge in [-0.2, -0.15) is 0 Å². The number of aliphatic hydroxyl groups is 1. The van der Waals surface area contributed by atoms with Gasteiger partial charge in [0.15, 0.2) is 0 Å². The lowest BCUT2D eigenvalue weighted by Gasteiger charge is -2.29. The number of nitrogens with one attached hydrogen (secondary N) is 1. The number of halogens is 1. The highest BCUT2D eigenvalue weighted by Crippen LogP contribution is 2.21. The maximum absolute atomic E-state index is 13.8. The molecule has 1 aromatic rings. The summed E-state index contributed by atoms with van der Waals surface area (Å²) in [7, 11) is 1.98. The standard InChI is InChI=1S/C15H25FN2O/c1-4-17-13(9-10-19)11-18(3)12(2)14-7-5-6-8-15(14)16/h5-8,12-13,17,19H,4,9-11H2,1-3H3. The zero-order chi connectivity index (χ0) is 14.3. The molecule has 0 spiro atoms. The van der Waals surface area contributed by atoms with Gasteiger partial charge in [-0.05, 0) is 33.0 Å². The molecule has 108 valence electrons. The van der Waals surface area contributed by atoms with Crippen molar-refractivity contribution in [3.05, 3.63) is 35.6 Å². The molecular formula is C15H25FN2O. The average molecular weight is 268 g/mol. The molecule has 0 aromatic heterocycles. The third kappa shape index (κ3) is 4.90. The van der Waals surface area contributed by atoms with Crippen LogP contribution in [0, 0.1) is 5.82 Å². The Balaban J connectivity index is 2.65. The van der Waals surface area contributed by atoms with Crippen LogP contribution in [0.1, 0.15) is 31.9 Å². The molecule has 2 atom stereocenters. The first-order valence-electron chi connectivity index (χ1n) is 6.89. The number of likely N-dealkylation sites (N-methyl/N-ethyl adjacent to an activating group) is 2. The largest absolute Gasteiger partial charge is 0.396 e. The predicted octanol–water partition coefficient (Wildman–Crippen LogP) is 2.18. The highest BCUT2D eigenvalue weighted by molar-refractivity contribution is 5.20. The number of benzene rings is 1. The number of hydrogen-bond acceptors (Lipinski definition) is 3. The second kappa shape index (κ2) is 8.25. The molecule has 0 saturated heterocycles. The predicted molar refractivity (Wildman–Crippen MR) is 76.6 cm³/mol. The Bertz CT molecular complexity index is 367. The SMILES string of the molecule is CCNC(CCO)CN(C)C(C)c1ccccc1F. The van der Waals surface area contributed by atoms with Crippen LogP contribution in [0.25, 0.3) is 0 Å². The second-order valence-corrected chi connectivity index (χ2v) is 4.90. The molecule has 0 bridgehead atoms. The van der Waals surface area contributed by atoms with Gasteiger partial charge in [-0.15, -0.1) is 0 Å². The van der Waals surface area contributed by atoms with Gasteiger partial charge in [-0.25, -0.2) is 4.39 Å². The minimum atomic E-state index is -0.163. The summed E-state index contributed by atoms with van der Waals surface area (Å²) in [5.41, 5.74) is 0.712. The minimum absolute atomic E-state index is 0.0149. The Hall–Kier alpha value is -0.970. The van der Waals surface area contributed by atoms with E-state index in [2.05, 4.69) is 10.2 Å². The van der Waals surface area contributed by atoms with E-state index in [1.165, 1.54) is 6.07 Å². The van der Waals surface area contributed by atoms with Crippen LogP contribution in [0.15, 0.2) is 24.3 Å². The fraction of sp³-hybridized carbons (Fsp3) is 0.600. The third-order valence-corrected chi connectivity index (χ3v) is 3.50. The number of hydrogen-bond donors (Lipinski definition) is 2. The van der Waals surface area contributed by atoms with Gasteiger partial charge < -0.3 is 10.4 Å². The summed E-state index contributed by atoms with van der Waals surface area (Å²) in [6.45, 7) is 5.86. The van der Waals surface area contributed by atoms with E-state index in [0.29, 0.717) is 12.0 Å². The van der Waals surface area contributed by atoms with Crippen molar-refractivity contribution in [2.45, 2.75) is 32.4 Å². The molecule has 2 N–H and O–H groups in total. The topological polar surface area (TPSA) is 35.5 Å². The number of nitrogens with zero attached hydrogens (tertiary/aromatic N) is 1. The van der Waals surface area contributed by atoms with Crippen molar-refractivity contribution >= 4 is 0 Å². The van der Waals surface area contributed by atoms with Gasteiger partial charge in [0.05, 0.1) is 0 Å². The number of aliphatic hydroxyl groups excluding tert-OH is 1. The fourth-order valence-electron chi connectivity index (χ4n) is 2.26. The molecule has 0 amide bonds. The van der Waals surface area contributed by atoms with Crippen LogP contribution in [0.3, 0.4) is 0 Å². The van der Waals surface area contributed by atoms with E-state index in [9.17, 15) is 4.39 Å². The lowest BCUT2D eigenvalue weighted by Crippen LogP contribution is -2.41. The molecule has 19 heavy (non-hydrogen) atoms. The highest BCUT2D eigenvalue weighted by atomic mass is 19.1. The van der Waals surface area contributed by atoms with E-state index in [1.807, 2.05) is 33.0 Å². The summed E-state index contributed by atoms with van der Waals surface area (Å²) < 4.78 is 13.8. The van der Waals surface area contributed by atoms with E-state index in [0.717, 1.165) is 13.1 Å². The van der Waals surface area contributed by atoms with Crippen LogP contribution >= 0.6 is 0 Å². The Morgan fingerprint density at radius 1 is 1.37 bits per heavy atom. The van der Waals surface area contributed by atoms with Crippen LogP contribution in [-0.4, -0.2) is 42.8 Å². The second-order valence-electron chi connectivity index (χ2n) is 4.90. The summed E-state index contributed by atoms with van der Waals surface area (Å²) in [5.74, 6) is -0.163. The Labute approximate surface area is 115 Å². The van der Waals surface area contributed by atoms with Gasteiger partial charge in [0.2, 0.25) is 0 Å². The van der Waals surface area contributed by atoms with Gasteiger partial charge in [0.1, 0.15) is 5.82 Å². The van der Waals surface area contributed by atoms with Crippen molar-refractivity contribution in [3.63, 3.8) is 0 Å². The van der Waals surface area contributed by atoms with Crippen LogP contribution < -0.4 is 5.32 Å². The lowest BCUT2D eigenvalue weighted by atomic mass is 10.1. The Morgan fingerprint density at radius 3 is 2.63 bits per heavy atom. The van der Waals surface area contributed by atoms with E-state index in [4.69, 9.17) is 5.11 Å². The monoisotopic (exact) mass is 268 g/mol. The summed E-state index contributed by atoms with van der Waals surface area (Å²) >= 11 is 0. The zero-order valence-electron chi connectivity index (χ0n) is 12.1.